The van der Waals surface area contributed by atoms with Crippen LogP contribution < -0.4 is 15.4 Å². The molecule has 0 heterocycles. The second-order valence-electron chi connectivity index (χ2n) is 7.08. The van der Waals surface area contributed by atoms with Gasteiger partial charge in [-0.15, -0.1) is 0 Å². The van der Waals surface area contributed by atoms with E-state index in [0.29, 0.717) is 12.8 Å². The topological polar surface area (TPSA) is 70.7 Å². The minimum absolute atomic E-state index is 0.0996. The third-order valence-corrected chi connectivity index (χ3v) is 4.02. The van der Waals surface area contributed by atoms with E-state index in [4.69, 9.17) is 4.74 Å². The minimum Gasteiger partial charge on any atom is -0.491 e. The number of anilines is 2. The Hall–Kier alpha value is -3.02. The smallest absolute Gasteiger partial charge is 0.243 e. The van der Waals surface area contributed by atoms with Crippen LogP contribution in [-0.4, -0.2) is 43.5 Å². The lowest BCUT2D eigenvalue weighted by Crippen LogP contribution is -2.22. The van der Waals surface area contributed by atoms with Gasteiger partial charge in [-0.2, -0.15) is 0 Å². The zero-order valence-electron chi connectivity index (χ0n) is 17.0. The van der Waals surface area contributed by atoms with Gasteiger partial charge in [-0.25, -0.2) is 0 Å². The SMILES string of the molecule is CC(C)Oc1cccc(NCC(=O)Nc2ccc(CCC(=O)N(C)C)cc2)c1. The first-order valence-corrected chi connectivity index (χ1v) is 9.43. The van der Waals surface area contributed by atoms with Crippen molar-refractivity contribution in [1.82, 2.24) is 4.90 Å². The largest absolute Gasteiger partial charge is 0.491 e. The third kappa shape index (κ3) is 7.31. The van der Waals surface area contributed by atoms with Crippen molar-refractivity contribution in [2.75, 3.05) is 31.3 Å². The molecule has 0 saturated heterocycles. The van der Waals surface area contributed by atoms with Gasteiger partial charge >= 0.3 is 0 Å². The highest BCUT2D eigenvalue weighted by atomic mass is 16.5. The molecule has 0 radical (unpaired) electrons. The first kappa shape index (κ1) is 21.3. The van der Waals surface area contributed by atoms with Crippen molar-refractivity contribution >= 4 is 23.2 Å². The molecular formula is C22H29N3O3. The molecule has 0 spiro atoms. The predicted molar refractivity (Wildman–Crippen MR) is 113 cm³/mol. The van der Waals surface area contributed by atoms with Crippen molar-refractivity contribution in [2.45, 2.75) is 32.8 Å². The molecule has 2 amide bonds. The first-order valence-electron chi connectivity index (χ1n) is 9.43. The number of carbonyl (C=O) groups is 2. The molecule has 6 heteroatoms. The normalized spacial score (nSPS) is 10.5. The number of nitrogens with one attached hydrogen (secondary N) is 2. The maximum absolute atomic E-state index is 12.2. The molecular weight excluding hydrogens is 354 g/mol. The zero-order valence-corrected chi connectivity index (χ0v) is 17.0. The molecule has 2 rings (SSSR count). The molecule has 2 aromatic carbocycles. The Labute approximate surface area is 166 Å². The van der Waals surface area contributed by atoms with Gasteiger partial charge < -0.3 is 20.3 Å². The van der Waals surface area contributed by atoms with Gasteiger partial charge in [0.1, 0.15) is 5.75 Å². The van der Waals surface area contributed by atoms with Crippen LogP contribution >= 0.6 is 0 Å². The van der Waals surface area contributed by atoms with Crippen LogP contribution in [0, 0.1) is 0 Å². The van der Waals surface area contributed by atoms with E-state index in [0.717, 1.165) is 22.7 Å². The fourth-order valence-corrected chi connectivity index (χ4v) is 2.57. The summed E-state index contributed by atoms with van der Waals surface area (Å²) in [5, 5.41) is 5.96. The number of hydrogen-bond acceptors (Lipinski definition) is 4. The minimum atomic E-state index is -0.134. The number of rotatable bonds is 9. The second-order valence-corrected chi connectivity index (χ2v) is 7.08. The molecule has 0 aromatic heterocycles. The summed E-state index contributed by atoms with van der Waals surface area (Å²) >= 11 is 0. The number of amides is 2. The highest BCUT2D eigenvalue weighted by molar-refractivity contribution is 5.93. The highest BCUT2D eigenvalue weighted by Gasteiger charge is 2.06. The summed E-state index contributed by atoms with van der Waals surface area (Å²) in [4.78, 5) is 25.4. The van der Waals surface area contributed by atoms with Gasteiger partial charge in [-0.1, -0.05) is 18.2 Å². The van der Waals surface area contributed by atoms with Crippen LogP contribution in [-0.2, 0) is 16.0 Å². The van der Waals surface area contributed by atoms with Gasteiger partial charge in [0.2, 0.25) is 11.8 Å². The highest BCUT2D eigenvalue weighted by Crippen LogP contribution is 2.18. The van der Waals surface area contributed by atoms with E-state index in [1.54, 1.807) is 19.0 Å². The Morgan fingerprint density at radius 1 is 1.04 bits per heavy atom. The number of carbonyl (C=O) groups excluding carboxylic acids is 2. The number of aryl methyl sites for hydroxylation is 1. The number of hydrogen-bond donors (Lipinski definition) is 2. The summed E-state index contributed by atoms with van der Waals surface area (Å²) in [5.41, 5.74) is 2.62. The Bertz CT molecular complexity index is 786. The maximum atomic E-state index is 12.2. The quantitative estimate of drug-likeness (QED) is 0.695. The van der Waals surface area contributed by atoms with Gasteiger partial charge in [-0.05, 0) is 50.1 Å². The fourth-order valence-electron chi connectivity index (χ4n) is 2.57. The van der Waals surface area contributed by atoms with Crippen LogP contribution in [0.25, 0.3) is 0 Å². The third-order valence-electron chi connectivity index (χ3n) is 4.02. The van der Waals surface area contributed by atoms with E-state index in [2.05, 4.69) is 10.6 Å². The molecule has 6 nitrogen and oxygen atoms in total. The molecule has 2 aromatic rings. The Morgan fingerprint density at radius 3 is 2.39 bits per heavy atom. The molecule has 0 bridgehead atoms. The molecule has 0 aliphatic heterocycles. The Morgan fingerprint density at radius 2 is 1.75 bits per heavy atom. The summed E-state index contributed by atoms with van der Waals surface area (Å²) < 4.78 is 5.65. The van der Waals surface area contributed by atoms with E-state index >= 15 is 0 Å². The van der Waals surface area contributed by atoms with Crippen molar-refractivity contribution in [3.63, 3.8) is 0 Å². The van der Waals surface area contributed by atoms with Gasteiger partial charge in [0.05, 0.1) is 12.6 Å². The maximum Gasteiger partial charge on any atom is 0.243 e. The molecule has 0 aliphatic rings. The monoisotopic (exact) mass is 383 g/mol. The van der Waals surface area contributed by atoms with Crippen molar-refractivity contribution < 1.29 is 14.3 Å². The van der Waals surface area contributed by atoms with Crippen molar-refractivity contribution in [1.29, 1.82) is 0 Å². The average molecular weight is 383 g/mol. The standard InChI is InChI=1S/C22H29N3O3/c1-16(2)28-20-7-5-6-19(14-20)23-15-21(26)24-18-11-8-17(9-12-18)10-13-22(27)25(3)4/h5-9,11-12,14,16,23H,10,13,15H2,1-4H3,(H,24,26). The molecule has 0 fully saturated rings. The van der Waals surface area contributed by atoms with Gasteiger partial charge in [-0.3, -0.25) is 9.59 Å². The van der Waals surface area contributed by atoms with Crippen LogP contribution in [0.15, 0.2) is 48.5 Å². The predicted octanol–water partition coefficient (Wildman–Crippen LogP) is 3.55. The molecule has 150 valence electrons. The molecule has 0 atom stereocenters. The lowest BCUT2D eigenvalue weighted by molar-refractivity contribution is -0.128. The summed E-state index contributed by atoms with van der Waals surface area (Å²) in [6, 6.07) is 15.1. The number of benzene rings is 2. The lowest BCUT2D eigenvalue weighted by Gasteiger charge is -2.12. The van der Waals surface area contributed by atoms with Crippen LogP contribution in [0.1, 0.15) is 25.8 Å². The van der Waals surface area contributed by atoms with Crippen LogP contribution in [0.2, 0.25) is 0 Å². The van der Waals surface area contributed by atoms with Crippen LogP contribution in [0.4, 0.5) is 11.4 Å². The molecule has 28 heavy (non-hydrogen) atoms. The Kier molecular flexibility index (Phi) is 7.87. The van der Waals surface area contributed by atoms with E-state index in [9.17, 15) is 9.59 Å². The molecule has 0 unspecified atom stereocenters. The second kappa shape index (κ2) is 10.3. The fraction of sp³-hybridized carbons (Fsp3) is 0.364. The lowest BCUT2D eigenvalue weighted by atomic mass is 10.1. The van der Waals surface area contributed by atoms with E-state index in [1.807, 2.05) is 62.4 Å². The number of nitrogens with zero attached hydrogens (tertiary/aromatic N) is 1. The first-order chi connectivity index (χ1) is 13.3. The summed E-state index contributed by atoms with van der Waals surface area (Å²) in [5.74, 6) is 0.737. The summed E-state index contributed by atoms with van der Waals surface area (Å²) in [6.07, 6.45) is 1.26. The molecule has 2 N–H and O–H groups in total. The van der Waals surface area contributed by atoms with E-state index in [1.165, 1.54) is 0 Å². The zero-order chi connectivity index (χ0) is 20.5. The van der Waals surface area contributed by atoms with Gasteiger partial charge in [0.15, 0.2) is 0 Å². The molecule has 0 saturated carbocycles. The average Bonchev–Trinajstić information content (AvgIpc) is 2.65. The summed E-state index contributed by atoms with van der Waals surface area (Å²) in [7, 11) is 3.51. The van der Waals surface area contributed by atoms with E-state index in [-0.39, 0.29) is 24.5 Å². The van der Waals surface area contributed by atoms with Crippen molar-refractivity contribution in [3.8, 4) is 5.75 Å². The number of ether oxygens (including phenoxy) is 1. The van der Waals surface area contributed by atoms with Crippen LogP contribution in [0.5, 0.6) is 5.75 Å². The van der Waals surface area contributed by atoms with Crippen molar-refractivity contribution in [3.05, 3.63) is 54.1 Å². The van der Waals surface area contributed by atoms with E-state index < -0.39 is 0 Å². The van der Waals surface area contributed by atoms with Crippen LogP contribution in [0.3, 0.4) is 0 Å². The van der Waals surface area contributed by atoms with Gasteiger partial charge in [0, 0.05) is 38.0 Å². The molecule has 0 aliphatic carbocycles. The summed E-state index contributed by atoms with van der Waals surface area (Å²) in [6.45, 7) is 4.10. The van der Waals surface area contributed by atoms with Crippen molar-refractivity contribution in [2.24, 2.45) is 0 Å². The Balaban J connectivity index is 1.80. The van der Waals surface area contributed by atoms with Gasteiger partial charge in [0.25, 0.3) is 0 Å².